The lowest BCUT2D eigenvalue weighted by Gasteiger charge is -2.13. The van der Waals surface area contributed by atoms with Gasteiger partial charge in [0.25, 0.3) is 0 Å². The molecule has 22 heavy (non-hydrogen) atoms. The monoisotopic (exact) mass is 296 g/mol. The molecule has 1 amide bonds. The van der Waals surface area contributed by atoms with Crippen LogP contribution < -0.4 is 5.32 Å². The molecule has 0 aliphatic heterocycles. The zero-order valence-corrected chi connectivity index (χ0v) is 12.6. The molecule has 5 nitrogen and oxygen atoms in total. The van der Waals surface area contributed by atoms with Crippen LogP contribution in [0.5, 0.6) is 0 Å². The molecule has 3 rings (SSSR count). The van der Waals surface area contributed by atoms with Gasteiger partial charge in [-0.15, -0.1) is 0 Å². The molecule has 0 radical (unpaired) electrons. The van der Waals surface area contributed by atoms with E-state index in [0.29, 0.717) is 19.0 Å². The number of para-hydroxylation sites is 1. The molecular weight excluding hydrogens is 276 g/mol. The van der Waals surface area contributed by atoms with E-state index in [1.54, 1.807) is 12.5 Å². The SMILES string of the molecule is CC(CNC(=O)Cn1ccc2ccccc21)Cn1ccnc1. The number of nitrogens with one attached hydrogen (secondary N) is 1. The Balaban J connectivity index is 1.52. The van der Waals surface area contributed by atoms with E-state index in [0.717, 1.165) is 17.4 Å². The lowest BCUT2D eigenvalue weighted by molar-refractivity contribution is -0.121. The standard InChI is InChI=1S/C17H20N4O/c1-14(11-20-9-7-18-13-20)10-19-17(22)12-21-8-6-15-4-2-3-5-16(15)21/h2-9,13-14H,10-12H2,1H3,(H,19,22). The van der Waals surface area contributed by atoms with E-state index in [9.17, 15) is 4.79 Å². The van der Waals surface area contributed by atoms with Crippen molar-refractivity contribution < 1.29 is 4.79 Å². The van der Waals surface area contributed by atoms with Crippen molar-refractivity contribution in [3.05, 3.63) is 55.2 Å². The van der Waals surface area contributed by atoms with E-state index in [1.807, 2.05) is 45.8 Å². The minimum atomic E-state index is 0.0406. The fourth-order valence-electron chi connectivity index (χ4n) is 2.60. The van der Waals surface area contributed by atoms with Gasteiger partial charge in [-0.25, -0.2) is 4.98 Å². The van der Waals surface area contributed by atoms with Crippen molar-refractivity contribution in [1.29, 1.82) is 0 Å². The van der Waals surface area contributed by atoms with Gasteiger partial charge in [-0.05, 0) is 23.4 Å². The average molecular weight is 296 g/mol. The summed E-state index contributed by atoms with van der Waals surface area (Å²) in [5.41, 5.74) is 1.09. The fourth-order valence-corrected chi connectivity index (χ4v) is 2.60. The number of amides is 1. The molecule has 1 unspecified atom stereocenters. The van der Waals surface area contributed by atoms with Crippen molar-refractivity contribution >= 4 is 16.8 Å². The third-order valence-electron chi connectivity index (χ3n) is 3.72. The quantitative estimate of drug-likeness (QED) is 0.759. The molecule has 0 saturated carbocycles. The van der Waals surface area contributed by atoms with E-state index >= 15 is 0 Å². The van der Waals surface area contributed by atoms with Gasteiger partial charge in [0.2, 0.25) is 5.91 Å². The molecule has 0 aliphatic rings. The Labute approximate surface area is 129 Å². The topological polar surface area (TPSA) is 51.9 Å². The molecule has 1 aromatic carbocycles. The summed E-state index contributed by atoms with van der Waals surface area (Å²) in [5.74, 6) is 0.401. The summed E-state index contributed by atoms with van der Waals surface area (Å²) in [4.78, 5) is 16.1. The Bertz CT molecular complexity index is 745. The Morgan fingerprint density at radius 2 is 2.14 bits per heavy atom. The first-order valence-corrected chi connectivity index (χ1v) is 7.48. The largest absolute Gasteiger partial charge is 0.354 e. The summed E-state index contributed by atoms with van der Waals surface area (Å²) in [6.07, 6.45) is 7.45. The Hall–Kier alpha value is -2.56. The molecule has 0 aliphatic carbocycles. The molecule has 1 N–H and O–H groups in total. The van der Waals surface area contributed by atoms with Crippen molar-refractivity contribution in [3.63, 3.8) is 0 Å². The highest BCUT2D eigenvalue weighted by atomic mass is 16.1. The molecular formula is C17H20N4O. The first-order valence-electron chi connectivity index (χ1n) is 7.48. The maximum atomic E-state index is 12.1. The zero-order valence-electron chi connectivity index (χ0n) is 12.6. The van der Waals surface area contributed by atoms with Crippen molar-refractivity contribution in [2.75, 3.05) is 6.54 Å². The maximum absolute atomic E-state index is 12.1. The van der Waals surface area contributed by atoms with Gasteiger partial charge in [0.15, 0.2) is 0 Å². The summed E-state index contributed by atoms with van der Waals surface area (Å²) >= 11 is 0. The van der Waals surface area contributed by atoms with Crippen LogP contribution in [0, 0.1) is 5.92 Å². The smallest absolute Gasteiger partial charge is 0.239 e. The summed E-state index contributed by atoms with van der Waals surface area (Å²) < 4.78 is 4.00. The molecule has 2 heterocycles. The number of benzene rings is 1. The average Bonchev–Trinajstić information content (AvgIpc) is 3.16. The summed E-state index contributed by atoms with van der Waals surface area (Å²) in [5, 5.41) is 4.16. The highest BCUT2D eigenvalue weighted by Crippen LogP contribution is 2.14. The van der Waals surface area contributed by atoms with Crippen molar-refractivity contribution in [1.82, 2.24) is 19.4 Å². The Kier molecular flexibility index (Phi) is 4.23. The van der Waals surface area contributed by atoms with Crippen molar-refractivity contribution in [2.24, 2.45) is 5.92 Å². The first kappa shape index (κ1) is 14.4. The second-order valence-electron chi connectivity index (χ2n) is 5.67. The van der Waals surface area contributed by atoms with Gasteiger partial charge in [-0.3, -0.25) is 4.79 Å². The van der Waals surface area contributed by atoms with E-state index in [4.69, 9.17) is 0 Å². The zero-order chi connectivity index (χ0) is 15.4. The summed E-state index contributed by atoms with van der Waals surface area (Å²) in [6, 6.07) is 10.1. The van der Waals surface area contributed by atoms with Crippen LogP contribution in [0.3, 0.4) is 0 Å². The van der Waals surface area contributed by atoms with E-state index in [1.165, 1.54) is 0 Å². The van der Waals surface area contributed by atoms with Crippen LogP contribution in [0.15, 0.2) is 55.2 Å². The van der Waals surface area contributed by atoms with Gasteiger partial charge in [0.1, 0.15) is 6.54 Å². The van der Waals surface area contributed by atoms with Crippen LogP contribution in [-0.2, 0) is 17.9 Å². The molecule has 2 aromatic heterocycles. The van der Waals surface area contributed by atoms with E-state index < -0.39 is 0 Å². The van der Waals surface area contributed by atoms with Gasteiger partial charge in [-0.2, -0.15) is 0 Å². The molecule has 1 atom stereocenters. The van der Waals surface area contributed by atoms with Crippen LogP contribution in [0.25, 0.3) is 10.9 Å². The predicted octanol–water partition coefficient (Wildman–Crippen LogP) is 2.29. The van der Waals surface area contributed by atoms with Crippen LogP contribution >= 0.6 is 0 Å². The van der Waals surface area contributed by atoms with Gasteiger partial charge < -0.3 is 14.5 Å². The molecule has 0 bridgehead atoms. The number of imidazole rings is 1. The number of fused-ring (bicyclic) bond motifs is 1. The normalized spacial score (nSPS) is 12.4. The minimum absolute atomic E-state index is 0.0406. The lowest BCUT2D eigenvalue weighted by atomic mass is 10.2. The van der Waals surface area contributed by atoms with Gasteiger partial charge >= 0.3 is 0 Å². The number of carbonyl (C=O) groups excluding carboxylic acids is 1. The highest BCUT2D eigenvalue weighted by Gasteiger charge is 2.08. The first-order chi connectivity index (χ1) is 10.7. The molecule has 3 aromatic rings. The second-order valence-corrected chi connectivity index (χ2v) is 5.67. The summed E-state index contributed by atoms with van der Waals surface area (Å²) in [7, 11) is 0. The third-order valence-corrected chi connectivity index (χ3v) is 3.72. The van der Waals surface area contributed by atoms with E-state index in [2.05, 4.69) is 23.3 Å². The number of hydrogen-bond acceptors (Lipinski definition) is 2. The second kappa shape index (κ2) is 6.47. The highest BCUT2D eigenvalue weighted by molar-refractivity contribution is 5.83. The molecule has 114 valence electrons. The molecule has 0 spiro atoms. The number of aromatic nitrogens is 3. The number of hydrogen-bond donors (Lipinski definition) is 1. The van der Waals surface area contributed by atoms with Crippen molar-refractivity contribution in [3.8, 4) is 0 Å². The van der Waals surface area contributed by atoms with Gasteiger partial charge in [-0.1, -0.05) is 25.1 Å². The Morgan fingerprint density at radius 3 is 2.95 bits per heavy atom. The van der Waals surface area contributed by atoms with Crippen LogP contribution in [0.1, 0.15) is 6.92 Å². The fraction of sp³-hybridized carbons (Fsp3) is 0.294. The minimum Gasteiger partial charge on any atom is -0.354 e. The number of carbonyl (C=O) groups is 1. The van der Waals surface area contributed by atoms with Crippen LogP contribution in [-0.4, -0.2) is 26.6 Å². The third kappa shape index (κ3) is 3.36. The lowest BCUT2D eigenvalue weighted by Crippen LogP contribution is -2.32. The van der Waals surface area contributed by atoms with Crippen LogP contribution in [0.2, 0.25) is 0 Å². The van der Waals surface area contributed by atoms with E-state index in [-0.39, 0.29) is 5.91 Å². The summed E-state index contributed by atoms with van der Waals surface area (Å²) in [6.45, 7) is 3.99. The van der Waals surface area contributed by atoms with Crippen LogP contribution in [0.4, 0.5) is 0 Å². The predicted molar refractivity (Wildman–Crippen MR) is 86.3 cm³/mol. The molecule has 0 saturated heterocycles. The van der Waals surface area contributed by atoms with Gasteiger partial charge in [0, 0.05) is 37.2 Å². The molecule has 5 heteroatoms. The maximum Gasteiger partial charge on any atom is 0.239 e. The number of rotatable bonds is 6. The van der Waals surface area contributed by atoms with Gasteiger partial charge in [0.05, 0.1) is 6.33 Å². The molecule has 0 fully saturated rings. The Morgan fingerprint density at radius 1 is 1.27 bits per heavy atom. The van der Waals surface area contributed by atoms with Crippen molar-refractivity contribution in [2.45, 2.75) is 20.0 Å². The number of nitrogens with zero attached hydrogens (tertiary/aromatic N) is 3.